The van der Waals surface area contributed by atoms with E-state index in [0.29, 0.717) is 6.10 Å². The summed E-state index contributed by atoms with van der Waals surface area (Å²) in [6, 6.07) is 0.268. The molecule has 2 heterocycles. The highest BCUT2D eigenvalue weighted by Gasteiger charge is 2.22. The number of aryl methyl sites for hydroxylation is 1. The van der Waals surface area contributed by atoms with Gasteiger partial charge in [-0.05, 0) is 38.6 Å². The third-order valence-electron chi connectivity index (χ3n) is 3.71. The molecule has 2 atom stereocenters. The molecular formula is C14H24ClN3O. The highest BCUT2D eigenvalue weighted by Crippen LogP contribution is 2.28. The van der Waals surface area contributed by atoms with Gasteiger partial charge in [0.1, 0.15) is 0 Å². The number of hydrogen-bond acceptors (Lipinski definition) is 3. The van der Waals surface area contributed by atoms with Crippen molar-refractivity contribution in [3.63, 3.8) is 0 Å². The minimum Gasteiger partial charge on any atom is -0.378 e. The smallest absolute Gasteiger partial charge is 0.0833 e. The zero-order chi connectivity index (χ0) is 13.7. The van der Waals surface area contributed by atoms with Crippen molar-refractivity contribution in [1.29, 1.82) is 0 Å². The van der Waals surface area contributed by atoms with Crippen LogP contribution in [0.2, 0.25) is 5.02 Å². The number of nitrogens with zero attached hydrogens (tertiary/aromatic N) is 2. The summed E-state index contributed by atoms with van der Waals surface area (Å²) in [5.74, 6) is 0. The van der Waals surface area contributed by atoms with Crippen molar-refractivity contribution >= 4 is 11.6 Å². The average Bonchev–Trinajstić information content (AvgIpc) is 3.02. The van der Waals surface area contributed by atoms with Crippen LogP contribution in [-0.4, -0.2) is 29.0 Å². The molecule has 0 saturated carbocycles. The molecule has 0 spiro atoms. The molecule has 1 aliphatic heterocycles. The van der Waals surface area contributed by atoms with Crippen LogP contribution < -0.4 is 5.32 Å². The van der Waals surface area contributed by atoms with Crippen molar-refractivity contribution in [3.8, 4) is 0 Å². The fourth-order valence-electron chi connectivity index (χ4n) is 2.69. The van der Waals surface area contributed by atoms with E-state index in [1.807, 2.05) is 11.7 Å². The Morgan fingerprint density at radius 2 is 2.47 bits per heavy atom. The van der Waals surface area contributed by atoms with E-state index in [0.717, 1.165) is 43.1 Å². The summed E-state index contributed by atoms with van der Waals surface area (Å²) in [6.45, 7) is 4.09. The molecule has 4 nitrogen and oxygen atoms in total. The molecule has 19 heavy (non-hydrogen) atoms. The lowest BCUT2D eigenvalue weighted by molar-refractivity contribution is 0.0993. The third kappa shape index (κ3) is 3.94. The van der Waals surface area contributed by atoms with Gasteiger partial charge in [0.15, 0.2) is 0 Å². The first-order chi connectivity index (χ1) is 9.22. The van der Waals surface area contributed by atoms with Gasteiger partial charge in [-0.15, -0.1) is 0 Å². The first-order valence-corrected chi connectivity index (χ1v) is 7.62. The van der Waals surface area contributed by atoms with Crippen LogP contribution in [0.15, 0.2) is 6.20 Å². The van der Waals surface area contributed by atoms with Crippen LogP contribution in [0, 0.1) is 0 Å². The molecule has 2 rings (SSSR count). The Labute approximate surface area is 120 Å². The van der Waals surface area contributed by atoms with Crippen molar-refractivity contribution in [1.82, 2.24) is 15.1 Å². The molecule has 1 aliphatic rings. The van der Waals surface area contributed by atoms with E-state index >= 15 is 0 Å². The molecule has 5 heteroatoms. The van der Waals surface area contributed by atoms with Gasteiger partial charge in [0.25, 0.3) is 0 Å². The van der Waals surface area contributed by atoms with Gasteiger partial charge in [-0.2, -0.15) is 5.10 Å². The molecule has 0 radical (unpaired) electrons. The molecule has 2 unspecified atom stereocenters. The largest absolute Gasteiger partial charge is 0.378 e. The summed E-state index contributed by atoms with van der Waals surface area (Å²) in [5, 5.41) is 8.57. The quantitative estimate of drug-likeness (QED) is 0.837. The maximum absolute atomic E-state index is 6.26. The molecule has 1 N–H and O–H groups in total. The number of halogens is 1. The van der Waals surface area contributed by atoms with E-state index in [4.69, 9.17) is 16.3 Å². The van der Waals surface area contributed by atoms with Gasteiger partial charge in [-0.3, -0.25) is 4.68 Å². The summed E-state index contributed by atoms with van der Waals surface area (Å²) < 4.78 is 7.58. The van der Waals surface area contributed by atoms with E-state index in [9.17, 15) is 0 Å². The number of nitrogens with one attached hydrogen (secondary N) is 1. The van der Waals surface area contributed by atoms with Gasteiger partial charge in [0, 0.05) is 13.7 Å². The van der Waals surface area contributed by atoms with Crippen LogP contribution in [0.3, 0.4) is 0 Å². The molecule has 1 saturated heterocycles. The van der Waals surface area contributed by atoms with Crippen LogP contribution in [0.5, 0.6) is 0 Å². The normalized spacial score (nSPS) is 20.9. The van der Waals surface area contributed by atoms with Gasteiger partial charge < -0.3 is 10.1 Å². The van der Waals surface area contributed by atoms with E-state index < -0.39 is 0 Å². The van der Waals surface area contributed by atoms with Crippen LogP contribution in [0.1, 0.15) is 50.8 Å². The Morgan fingerprint density at radius 1 is 1.63 bits per heavy atom. The van der Waals surface area contributed by atoms with E-state index in [1.54, 1.807) is 6.20 Å². The molecule has 1 fully saturated rings. The monoisotopic (exact) mass is 285 g/mol. The lowest BCUT2D eigenvalue weighted by Gasteiger charge is -2.21. The number of hydrogen-bond donors (Lipinski definition) is 1. The highest BCUT2D eigenvalue weighted by molar-refractivity contribution is 6.31. The van der Waals surface area contributed by atoms with Crippen molar-refractivity contribution in [2.45, 2.75) is 51.2 Å². The second-order valence-corrected chi connectivity index (χ2v) is 5.63. The SMILES string of the molecule is CCCNC(CCC1CCCO1)c1c(Cl)cnn1C. The zero-order valence-corrected chi connectivity index (χ0v) is 12.6. The number of rotatable bonds is 7. The molecule has 108 valence electrons. The first-order valence-electron chi connectivity index (χ1n) is 7.24. The Kier molecular flexibility index (Phi) is 5.67. The van der Waals surface area contributed by atoms with E-state index in [-0.39, 0.29) is 6.04 Å². The molecule has 1 aromatic rings. The lowest BCUT2D eigenvalue weighted by atomic mass is 10.0. The standard InChI is InChI=1S/C14H24ClN3O/c1-3-8-16-13(7-6-11-5-4-9-19-11)14-12(15)10-17-18(14)2/h10-11,13,16H,3-9H2,1-2H3. The zero-order valence-electron chi connectivity index (χ0n) is 11.9. The van der Waals surface area contributed by atoms with Crippen molar-refractivity contribution < 1.29 is 4.74 Å². The molecule has 0 aromatic carbocycles. The van der Waals surface area contributed by atoms with E-state index in [1.165, 1.54) is 12.8 Å². The van der Waals surface area contributed by atoms with Crippen LogP contribution >= 0.6 is 11.6 Å². The summed E-state index contributed by atoms with van der Waals surface area (Å²) in [4.78, 5) is 0. The second kappa shape index (κ2) is 7.27. The Balaban J connectivity index is 1.98. The van der Waals surface area contributed by atoms with Crippen LogP contribution in [0.4, 0.5) is 0 Å². The number of ether oxygens (including phenoxy) is 1. The van der Waals surface area contributed by atoms with Crippen LogP contribution in [0.25, 0.3) is 0 Å². The second-order valence-electron chi connectivity index (χ2n) is 5.22. The molecule has 0 bridgehead atoms. The Hall–Kier alpha value is -0.580. The van der Waals surface area contributed by atoms with Gasteiger partial charge >= 0.3 is 0 Å². The summed E-state index contributed by atoms with van der Waals surface area (Å²) in [5.41, 5.74) is 1.09. The maximum Gasteiger partial charge on any atom is 0.0833 e. The van der Waals surface area contributed by atoms with Gasteiger partial charge in [-0.25, -0.2) is 0 Å². The Morgan fingerprint density at radius 3 is 3.05 bits per heavy atom. The maximum atomic E-state index is 6.26. The average molecular weight is 286 g/mol. The van der Waals surface area contributed by atoms with Crippen molar-refractivity contribution in [3.05, 3.63) is 16.9 Å². The predicted octanol–water partition coefficient (Wildman–Crippen LogP) is 3.07. The predicted molar refractivity (Wildman–Crippen MR) is 77.5 cm³/mol. The molecular weight excluding hydrogens is 262 g/mol. The fourth-order valence-corrected chi connectivity index (χ4v) is 2.99. The number of aromatic nitrogens is 2. The van der Waals surface area contributed by atoms with Gasteiger partial charge in [0.05, 0.1) is 29.1 Å². The van der Waals surface area contributed by atoms with Crippen LogP contribution in [-0.2, 0) is 11.8 Å². The van der Waals surface area contributed by atoms with Crippen molar-refractivity contribution in [2.75, 3.05) is 13.2 Å². The summed E-state index contributed by atoms with van der Waals surface area (Å²) in [6.07, 6.45) is 7.80. The van der Waals surface area contributed by atoms with Gasteiger partial charge in [0.2, 0.25) is 0 Å². The molecule has 1 aromatic heterocycles. The fraction of sp³-hybridized carbons (Fsp3) is 0.786. The minimum atomic E-state index is 0.268. The Bertz CT molecular complexity index is 369. The topological polar surface area (TPSA) is 39.1 Å². The first kappa shape index (κ1) is 14.8. The molecule has 0 aliphatic carbocycles. The lowest BCUT2D eigenvalue weighted by Crippen LogP contribution is -2.25. The third-order valence-corrected chi connectivity index (χ3v) is 4.00. The highest BCUT2D eigenvalue weighted by atomic mass is 35.5. The summed E-state index contributed by atoms with van der Waals surface area (Å²) in [7, 11) is 1.95. The summed E-state index contributed by atoms with van der Waals surface area (Å²) >= 11 is 6.26. The van der Waals surface area contributed by atoms with E-state index in [2.05, 4.69) is 17.3 Å². The van der Waals surface area contributed by atoms with Crippen molar-refractivity contribution in [2.24, 2.45) is 7.05 Å². The molecule has 0 amide bonds. The van der Waals surface area contributed by atoms with Gasteiger partial charge in [-0.1, -0.05) is 18.5 Å². The minimum absolute atomic E-state index is 0.268.